The summed E-state index contributed by atoms with van der Waals surface area (Å²) in [5.74, 6) is 0.288. The number of nitrogens with zero attached hydrogens (tertiary/aromatic N) is 2. The molecule has 26 heavy (non-hydrogen) atoms. The summed E-state index contributed by atoms with van der Waals surface area (Å²) in [6.45, 7) is 2.93. The van der Waals surface area contributed by atoms with Crippen molar-refractivity contribution in [1.29, 1.82) is 0 Å². The van der Waals surface area contributed by atoms with Crippen LogP contribution in [0.25, 0.3) is 11.0 Å². The molecule has 0 bridgehead atoms. The van der Waals surface area contributed by atoms with Crippen molar-refractivity contribution in [3.63, 3.8) is 0 Å². The molecular weight excluding hydrogens is 354 g/mol. The molecule has 2 N–H and O–H groups in total. The van der Waals surface area contributed by atoms with Crippen LogP contribution in [0.5, 0.6) is 0 Å². The highest BCUT2D eigenvalue weighted by molar-refractivity contribution is 6.20. The Morgan fingerprint density at radius 1 is 1.58 bits per heavy atom. The molecule has 1 saturated carbocycles. The monoisotopic (exact) mass is 377 g/mol. The number of carbonyl (C=O) groups is 1. The zero-order valence-corrected chi connectivity index (χ0v) is 15.6. The van der Waals surface area contributed by atoms with E-state index in [1.165, 1.54) is 0 Å². The summed E-state index contributed by atoms with van der Waals surface area (Å²) in [7, 11) is 0. The van der Waals surface area contributed by atoms with Crippen molar-refractivity contribution < 1.29 is 14.6 Å². The summed E-state index contributed by atoms with van der Waals surface area (Å²) in [6, 6.07) is 3.67. The van der Waals surface area contributed by atoms with E-state index in [0.29, 0.717) is 18.1 Å². The minimum absolute atomic E-state index is 0.0287. The van der Waals surface area contributed by atoms with E-state index in [1.54, 1.807) is 12.4 Å². The Morgan fingerprint density at radius 2 is 2.42 bits per heavy atom. The normalized spacial score (nSPS) is 31.6. The molecule has 0 radical (unpaired) electrons. The number of alkyl halides is 1. The summed E-state index contributed by atoms with van der Waals surface area (Å²) >= 11 is 6.13. The Hall–Kier alpha value is -1.63. The Balaban J connectivity index is 1.55. The summed E-state index contributed by atoms with van der Waals surface area (Å²) in [5.41, 5.74) is 0.0540. The maximum Gasteiger partial charge on any atom is 0.253 e. The number of fused-ring (bicyclic) bond motifs is 1. The average molecular weight is 378 g/mol. The van der Waals surface area contributed by atoms with Gasteiger partial charge in [0.15, 0.2) is 5.56 Å². The van der Waals surface area contributed by atoms with E-state index in [-0.39, 0.29) is 18.5 Å². The van der Waals surface area contributed by atoms with Gasteiger partial charge >= 0.3 is 0 Å². The number of hydrogen-bond acceptors (Lipinski definition) is 4. The van der Waals surface area contributed by atoms with Gasteiger partial charge in [0, 0.05) is 24.3 Å². The van der Waals surface area contributed by atoms with Gasteiger partial charge in [0.25, 0.3) is 5.91 Å². The van der Waals surface area contributed by atoms with Crippen LogP contribution in [0.4, 0.5) is 0 Å². The fourth-order valence-electron chi connectivity index (χ4n) is 4.11. The van der Waals surface area contributed by atoms with Crippen LogP contribution in [0.1, 0.15) is 49.0 Å². The number of hydrogen-bond donors (Lipinski definition) is 2. The van der Waals surface area contributed by atoms with Crippen LogP contribution in [0.3, 0.4) is 0 Å². The Labute approximate surface area is 157 Å². The number of nitrogens with one attached hydrogen (secondary N) is 1. The molecule has 0 aromatic carbocycles. The molecule has 6 nitrogen and oxygen atoms in total. The average Bonchev–Trinajstić information content (AvgIpc) is 2.98. The van der Waals surface area contributed by atoms with E-state index in [9.17, 15) is 9.90 Å². The fourth-order valence-corrected chi connectivity index (χ4v) is 4.38. The zero-order valence-electron chi connectivity index (χ0n) is 14.8. The van der Waals surface area contributed by atoms with Gasteiger partial charge in [-0.3, -0.25) is 4.79 Å². The topological polar surface area (TPSA) is 76.4 Å². The third-order valence-electron chi connectivity index (χ3n) is 5.57. The molecule has 4 rings (SSSR count). The Morgan fingerprint density at radius 3 is 3.12 bits per heavy atom. The van der Waals surface area contributed by atoms with Gasteiger partial charge in [-0.15, -0.1) is 0 Å². The Bertz CT molecular complexity index is 823. The van der Waals surface area contributed by atoms with Gasteiger partial charge in [-0.05, 0) is 30.9 Å². The lowest BCUT2D eigenvalue weighted by Gasteiger charge is -2.35. The van der Waals surface area contributed by atoms with Crippen LogP contribution in [-0.2, 0) is 4.74 Å². The summed E-state index contributed by atoms with van der Waals surface area (Å²) in [4.78, 5) is 17.2. The van der Waals surface area contributed by atoms with Crippen molar-refractivity contribution in [2.75, 3.05) is 13.2 Å². The lowest BCUT2D eigenvalue weighted by Crippen LogP contribution is -2.45. The number of amides is 1. The quantitative estimate of drug-likeness (QED) is 0.803. The molecule has 2 fully saturated rings. The Kier molecular flexibility index (Phi) is 4.67. The lowest BCUT2D eigenvalue weighted by molar-refractivity contribution is -0.0525. The standard InChI is InChI=1S/C19H24ClN3O3/c1-12-4-2-6-19(25,8-12)11-22-18(24)14-9-23(15-10-26-16(15)20)17-13(14)5-3-7-21-17/h3,5,7,9,12,15-16,25H,2,4,6,8,10-11H2,1H3,(H,22,24)/t12-,15?,16?,19-/m1/s1. The van der Waals surface area contributed by atoms with Crippen LogP contribution in [0.15, 0.2) is 24.5 Å². The summed E-state index contributed by atoms with van der Waals surface area (Å²) in [6.07, 6.45) is 7.09. The van der Waals surface area contributed by atoms with E-state index in [4.69, 9.17) is 16.3 Å². The van der Waals surface area contributed by atoms with E-state index >= 15 is 0 Å². The first-order chi connectivity index (χ1) is 12.5. The first kappa shape index (κ1) is 17.8. The van der Waals surface area contributed by atoms with Gasteiger partial charge < -0.3 is 19.7 Å². The molecule has 2 aromatic rings. The number of ether oxygens (including phenoxy) is 1. The second-order valence-corrected chi connectivity index (χ2v) is 8.12. The van der Waals surface area contributed by atoms with Crippen molar-refractivity contribution in [1.82, 2.24) is 14.9 Å². The van der Waals surface area contributed by atoms with E-state index in [1.807, 2.05) is 16.7 Å². The molecule has 3 heterocycles. The van der Waals surface area contributed by atoms with Crippen molar-refractivity contribution >= 4 is 28.5 Å². The minimum Gasteiger partial charge on any atom is -0.388 e. The fraction of sp³-hybridized carbons (Fsp3) is 0.579. The van der Waals surface area contributed by atoms with Crippen LogP contribution in [-0.4, -0.2) is 44.9 Å². The highest BCUT2D eigenvalue weighted by Gasteiger charge is 2.35. The smallest absolute Gasteiger partial charge is 0.253 e. The summed E-state index contributed by atoms with van der Waals surface area (Å²) < 4.78 is 7.17. The molecule has 2 unspecified atom stereocenters. The number of carbonyl (C=O) groups excluding carboxylic acids is 1. The third-order valence-corrected chi connectivity index (χ3v) is 5.98. The van der Waals surface area contributed by atoms with Crippen LogP contribution >= 0.6 is 11.6 Å². The SMILES string of the molecule is C[C@@H]1CCC[C@](O)(CNC(=O)c2cn(C3COC3Cl)c3ncccc23)C1. The molecule has 0 spiro atoms. The first-order valence-electron chi connectivity index (χ1n) is 9.19. The molecule has 7 heteroatoms. The lowest BCUT2D eigenvalue weighted by atomic mass is 9.79. The highest BCUT2D eigenvalue weighted by Crippen LogP contribution is 2.34. The van der Waals surface area contributed by atoms with Gasteiger partial charge in [-0.2, -0.15) is 0 Å². The van der Waals surface area contributed by atoms with Crippen LogP contribution < -0.4 is 5.32 Å². The van der Waals surface area contributed by atoms with E-state index in [2.05, 4.69) is 17.2 Å². The number of aliphatic hydroxyl groups is 1. The van der Waals surface area contributed by atoms with Gasteiger partial charge in [0.1, 0.15) is 5.65 Å². The van der Waals surface area contributed by atoms with Crippen LogP contribution in [0.2, 0.25) is 0 Å². The molecule has 1 aliphatic heterocycles. The molecule has 1 aliphatic carbocycles. The van der Waals surface area contributed by atoms with Gasteiger partial charge in [0.2, 0.25) is 0 Å². The number of halogens is 1. The molecule has 140 valence electrons. The molecule has 2 aromatic heterocycles. The van der Waals surface area contributed by atoms with Crippen molar-refractivity contribution in [3.8, 4) is 0 Å². The largest absolute Gasteiger partial charge is 0.388 e. The number of rotatable bonds is 4. The summed E-state index contributed by atoms with van der Waals surface area (Å²) in [5, 5.41) is 14.5. The maximum atomic E-state index is 12.8. The van der Waals surface area contributed by atoms with E-state index < -0.39 is 11.2 Å². The number of aromatic nitrogens is 2. The third kappa shape index (κ3) is 3.21. The molecule has 4 atom stereocenters. The predicted molar refractivity (Wildman–Crippen MR) is 99.3 cm³/mol. The molecule has 1 amide bonds. The van der Waals surface area contributed by atoms with E-state index in [0.717, 1.165) is 36.7 Å². The second-order valence-electron chi connectivity index (χ2n) is 7.68. The van der Waals surface area contributed by atoms with Gasteiger partial charge in [0.05, 0.1) is 23.8 Å². The molecule has 1 saturated heterocycles. The van der Waals surface area contributed by atoms with Crippen molar-refractivity contribution in [3.05, 3.63) is 30.1 Å². The maximum absolute atomic E-state index is 12.8. The minimum atomic E-state index is -0.813. The van der Waals surface area contributed by atoms with Crippen LogP contribution in [0, 0.1) is 5.92 Å². The molecular formula is C19H24ClN3O3. The predicted octanol–water partition coefficient (Wildman–Crippen LogP) is 2.84. The van der Waals surface area contributed by atoms with Gasteiger partial charge in [-0.1, -0.05) is 31.4 Å². The second kappa shape index (κ2) is 6.83. The van der Waals surface area contributed by atoms with Crippen molar-refractivity contribution in [2.24, 2.45) is 5.92 Å². The van der Waals surface area contributed by atoms with Gasteiger partial charge in [-0.25, -0.2) is 4.98 Å². The zero-order chi connectivity index (χ0) is 18.3. The van der Waals surface area contributed by atoms with Crippen molar-refractivity contribution in [2.45, 2.75) is 49.8 Å². The highest BCUT2D eigenvalue weighted by atomic mass is 35.5. The number of pyridine rings is 1. The first-order valence-corrected chi connectivity index (χ1v) is 9.62. The molecule has 2 aliphatic rings.